The Hall–Kier alpha value is -1.60. The Bertz CT molecular complexity index is 538. The maximum atomic E-state index is 13.0. The van der Waals surface area contributed by atoms with Crippen molar-refractivity contribution in [2.24, 2.45) is 0 Å². The Balaban J connectivity index is 1.96. The van der Waals surface area contributed by atoms with Crippen LogP contribution in [0, 0.1) is 0 Å². The Morgan fingerprint density at radius 1 is 1.22 bits per heavy atom. The first-order chi connectivity index (χ1) is 10.8. The van der Waals surface area contributed by atoms with E-state index in [4.69, 9.17) is 0 Å². The lowest BCUT2D eigenvalue weighted by Gasteiger charge is -2.35. The van der Waals surface area contributed by atoms with Gasteiger partial charge in [0, 0.05) is 32.7 Å². The van der Waals surface area contributed by atoms with Gasteiger partial charge in [-0.05, 0) is 18.6 Å². The number of carbonyl (C=O) groups excluding carboxylic acids is 1. The van der Waals surface area contributed by atoms with Crippen LogP contribution in [-0.4, -0.2) is 59.6 Å². The van der Waals surface area contributed by atoms with Gasteiger partial charge in [0.1, 0.15) is 0 Å². The molecule has 1 fully saturated rings. The van der Waals surface area contributed by atoms with Crippen molar-refractivity contribution in [1.29, 1.82) is 0 Å². The van der Waals surface area contributed by atoms with Crippen LogP contribution in [0.15, 0.2) is 24.3 Å². The highest BCUT2D eigenvalue weighted by Crippen LogP contribution is 2.32. The molecule has 2 rings (SSSR count). The van der Waals surface area contributed by atoms with E-state index in [0.717, 1.165) is 6.07 Å². The summed E-state index contributed by atoms with van der Waals surface area (Å²) in [7, 11) is 0. The van der Waals surface area contributed by atoms with Gasteiger partial charge in [0.2, 0.25) is 5.91 Å². The van der Waals surface area contributed by atoms with Crippen molar-refractivity contribution in [1.82, 2.24) is 9.80 Å². The van der Waals surface area contributed by atoms with Gasteiger partial charge in [0.05, 0.1) is 18.1 Å². The molecule has 0 aromatic heterocycles. The number of benzene rings is 1. The molecule has 7 heteroatoms. The van der Waals surface area contributed by atoms with E-state index in [1.807, 2.05) is 4.90 Å². The predicted octanol–water partition coefficient (Wildman–Crippen LogP) is 1.77. The van der Waals surface area contributed by atoms with Gasteiger partial charge in [-0.2, -0.15) is 13.2 Å². The molecule has 128 valence electrons. The number of piperazine rings is 1. The van der Waals surface area contributed by atoms with Crippen molar-refractivity contribution in [3.05, 3.63) is 35.4 Å². The van der Waals surface area contributed by atoms with Crippen LogP contribution < -0.4 is 0 Å². The minimum Gasteiger partial charge on any atom is -0.392 e. The van der Waals surface area contributed by atoms with Gasteiger partial charge in [-0.15, -0.1) is 0 Å². The van der Waals surface area contributed by atoms with Gasteiger partial charge in [-0.25, -0.2) is 0 Å². The second-order valence-electron chi connectivity index (χ2n) is 5.86. The topological polar surface area (TPSA) is 43.8 Å². The molecule has 0 bridgehead atoms. The standard InChI is InChI=1S/C16H21F3N2O2/c1-12(22)11-20-6-8-21(9-7-20)15(23)10-13-4-2-3-5-14(13)16(17,18)19/h2-5,12,22H,6-11H2,1H3/t12-/m1/s1. The molecular formula is C16H21F3N2O2. The van der Waals surface area contributed by atoms with Crippen molar-refractivity contribution in [3.8, 4) is 0 Å². The number of aliphatic hydroxyl groups is 1. The third kappa shape index (κ3) is 4.94. The zero-order chi connectivity index (χ0) is 17.0. The zero-order valence-corrected chi connectivity index (χ0v) is 13.0. The van der Waals surface area contributed by atoms with Crippen LogP contribution in [0.4, 0.5) is 13.2 Å². The van der Waals surface area contributed by atoms with Gasteiger partial charge < -0.3 is 10.0 Å². The first-order valence-electron chi connectivity index (χ1n) is 7.60. The maximum Gasteiger partial charge on any atom is 0.416 e. The highest BCUT2D eigenvalue weighted by Gasteiger charge is 2.34. The van der Waals surface area contributed by atoms with Gasteiger partial charge in [0.15, 0.2) is 0 Å². The third-order valence-electron chi connectivity index (χ3n) is 3.91. The lowest BCUT2D eigenvalue weighted by Crippen LogP contribution is -2.50. The van der Waals surface area contributed by atoms with Crippen molar-refractivity contribution >= 4 is 5.91 Å². The molecule has 0 unspecified atom stereocenters. The highest BCUT2D eigenvalue weighted by atomic mass is 19.4. The maximum absolute atomic E-state index is 13.0. The lowest BCUT2D eigenvalue weighted by atomic mass is 10.0. The van der Waals surface area contributed by atoms with E-state index >= 15 is 0 Å². The number of alkyl halides is 3. The predicted molar refractivity (Wildman–Crippen MR) is 79.8 cm³/mol. The lowest BCUT2D eigenvalue weighted by molar-refractivity contribution is -0.138. The Labute approximate surface area is 133 Å². The molecule has 1 amide bonds. The number of aliphatic hydroxyl groups excluding tert-OH is 1. The van der Waals surface area contributed by atoms with Gasteiger partial charge in [0.25, 0.3) is 0 Å². The Kier molecular flexibility index (Phi) is 5.64. The minimum absolute atomic E-state index is 0.0106. The largest absolute Gasteiger partial charge is 0.416 e. The number of hydrogen-bond acceptors (Lipinski definition) is 3. The summed E-state index contributed by atoms with van der Waals surface area (Å²) in [5.74, 6) is -0.293. The first kappa shape index (κ1) is 17.7. The summed E-state index contributed by atoms with van der Waals surface area (Å²) in [6.07, 6.45) is -5.13. The van der Waals surface area contributed by atoms with Crippen molar-refractivity contribution in [2.45, 2.75) is 25.6 Å². The average molecular weight is 330 g/mol. The highest BCUT2D eigenvalue weighted by molar-refractivity contribution is 5.79. The number of amides is 1. The Morgan fingerprint density at radius 3 is 2.39 bits per heavy atom. The van der Waals surface area contributed by atoms with Gasteiger partial charge in [-0.1, -0.05) is 18.2 Å². The van der Waals surface area contributed by atoms with E-state index in [-0.39, 0.29) is 17.9 Å². The second-order valence-corrected chi connectivity index (χ2v) is 5.86. The summed E-state index contributed by atoms with van der Waals surface area (Å²) in [6.45, 7) is 4.43. The minimum atomic E-state index is -4.45. The molecule has 1 heterocycles. The normalized spacial score (nSPS) is 18.0. The van der Waals surface area contributed by atoms with E-state index < -0.39 is 17.8 Å². The summed E-state index contributed by atoms with van der Waals surface area (Å²) in [5.41, 5.74) is -0.738. The van der Waals surface area contributed by atoms with E-state index in [2.05, 4.69) is 0 Å². The van der Waals surface area contributed by atoms with Crippen LogP contribution in [0.5, 0.6) is 0 Å². The van der Waals surface area contributed by atoms with Crippen molar-refractivity contribution < 1.29 is 23.1 Å². The van der Waals surface area contributed by atoms with Crippen LogP contribution in [0.2, 0.25) is 0 Å². The summed E-state index contributed by atoms with van der Waals surface area (Å²) in [5, 5.41) is 9.35. The first-order valence-corrected chi connectivity index (χ1v) is 7.60. The summed E-state index contributed by atoms with van der Waals surface area (Å²) < 4.78 is 38.9. The molecule has 0 radical (unpaired) electrons. The summed E-state index contributed by atoms with van der Waals surface area (Å²) in [4.78, 5) is 15.9. The van der Waals surface area contributed by atoms with E-state index in [1.54, 1.807) is 11.8 Å². The fourth-order valence-corrected chi connectivity index (χ4v) is 2.78. The molecule has 0 aliphatic carbocycles. The van der Waals surface area contributed by atoms with Crippen molar-refractivity contribution in [2.75, 3.05) is 32.7 Å². The van der Waals surface area contributed by atoms with Crippen LogP contribution >= 0.6 is 0 Å². The molecule has 1 aliphatic heterocycles. The fourth-order valence-electron chi connectivity index (χ4n) is 2.78. The van der Waals surface area contributed by atoms with Crippen LogP contribution in [0.3, 0.4) is 0 Å². The van der Waals surface area contributed by atoms with Crippen LogP contribution in [-0.2, 0) is 17.4 Å². The molecule has 1 saturated heterocycles. The van der Waals surface area contributed by atoms with Crippen LogP contribution in [0.1, 0.15) is 18.1 Å². The second kappa shape index (κ2) is 7.31. The van der Waals surface area contributed by atoms with Crippen molar-refractivity contribution in [3.63, 3.8) is 0 Å². The number of nitrogens with zero attached hydrogens (tertiary/aromatic N) is 2. The summed E-state index contributed by atoms with van der Waals surface area (Å²) >= 11 is 0. The monoisotopic (exact) mass is 330 g/mol. The molecule has 1 atom stereocenters. The van der Waals surface area contributed by atoms with Gasteiger partial charge >= 0.3 is 6.18 Å². The molecule has 1 N–H and O–H groups in total. The molecule has 23 heavy (non-hydrogen) atoms. The zero-order valence-electron chi connectivity index (χ0n) is 13.0. The smallest absolute Gasteiger partial charge is 0.392 e. The molecular weight excluding hydrogens is 309 g/mol. The van der Waals surface area contributed by atoms with Gasteiger partial charge in [-0.3, -0.25) is 9.69 Å². The molecule has 1 aromatic rings. The number of β-amino-alcohol motifs (C(OH)–C–C–N with tert-alkyl or cyclic N) is 1. The molecule has 1 aromatic carbocycles. The molecule has 0 saturated carbocycles. The number of carbonyl (C=O) groups is 1. The average Bonchev–Trinajstić information content (AvgIpc) is 2.46. The summed E-state index contributed by atoms with van der Waals surface area (Å²) in [6, 6.07) is 5.19. The number of hydrogen-bond donors (Lipinski definition) is 1. The SMILES string of the molecule is C[C@@H](O)CN1CCN(C(=O)Cc2ccccc2C(F)(F)F)CC1. The molecule has 1 aliphatic rings. The van der Waals surface area contributed by atoms with E-state index in [9.17, 15) is 23.1 Å². The quantitative estimate of drug-likeness (QED) is 0.915. The fraction of sp³-hybridized carbons (Fsp3) is 0.562. The number of halogens is 3. The molecule has 0 spiro atoms. The van der Waals surface area contributed by atoms with Crippen LogP contribution in [0.25, 0.3) is 0 Å². The number of rotatable bonds is 4. The third-order valence-corrected chi connectivity index (χ3v) is 3.91. The van der Waals surface area contributed by atoms with E-state index in [1.165, 1.54) is 18.2 Å². The Morgan fingerprint density at radius 2 is 1.83 bits per heavy atom. The molecule has 4 nitrogen and oxygen atoms in total. The van der Waals surface area contributed by atoms with E-state index in [0.29, 0.717) is 32.7 Å².